The van der Waals surface area contributed by atoms with E-state index in [1.165, 1.54) is 16.7 Å². The van der Waals surface area contributed by atoms with Crippen LogP contribution in [-0.4, -0.2) is 25.9 Å². The van der Waals surface area contributed by atoms with Gasteiger partial charge in [-0.3, -0.25) is 0 Å². The van der Waals surface area contributed by atoms with E-state index in [0.29, 0.717) is 0 Å². The summed E-state index contributed by atoms with van der Waals surface area (Å²) in [5.41, 5.74) is 9.89. The van der Waals surface area contributed by atoms with E-state index in [4.69, 9.17) is 15.2 Å². The molecule has 100 valence electrons. The maximum absolute atomic E-state index is 6.50. The smallest absolute Gasteiger partial charge is 0.0914 e. The standard InChI is InChI=1S/C15H23NO2/c1-11-4-5-12(2)13(10-11)14(16)15(17-3)6-8-18-9-7-15/h4-5,10,14H,6-9,16H2,1-3H3. The van der Waals surface area contributed by atoms with E-state index in [9.17, 15) is 0 Å². The lowest BCUT2D eigenvalue weighted by Gasteiger charge is -2.41. The van der Waals surface area contributed by atoms with Gasteiger partial charge in [-0.25, -0.2) is 0 Å². The van der Waals surface area contributed by atoms with Crippen LogP contribution in [-0.2, 0) is 9.47 Å². The first kappa shape index (κ1) is 13.5. The lowest BCUT2D eigenvalue weighted by Crippen LogP contribution is -2.47. The second-order valence-corrected chi connectivity index (χ2v) is 5.22. The molecule has 1 aliphatic heterocycles. The van der Waals surface area contributed by atoms with E-state index in [0.717, 1.165) is 26.1 Å². The molecule has 2 N–H and O–H groups in total. The highest BCUT2D eigenvalue weighted by Crippen LogP contribution is 2.37. The van der Waals surface area contributed by atoms with Gasteiger partial charge in [0.2, 0.25) is 0 Å². The van der Waals surface area contributed by atoms with Gasteiger partial charge in [0.15, 0.2) is 0 Å². The van der Waals surface area contributed by atoms with E-state index < -0.39 is 0 Å². The molecule has 1 saturated heterocycles. The molecular formula is C15H23NO2. The van der Waals surface area contributed by atoms with Crippen LogP contribution in [0.4, 0.5) is 0 Å². The van der Waals surface area contributed by atoms with E-state index in [1.54, 1.807) is 7.11 Å². The molecule has 1 unspecified atom stereocenters. The highest BCUT2D eigenvalue weighted by Gasteiger charge is 2.39. The maximum atomic E-state index is 6.50. The van der Waals surface area contributed by atoms with Crippen LogP contribution in [0.5, 0.6) is 0 Å². The molecule has 1 fully saturated rings. The van der Waals surface area contributed by atoms with Crippen molar-refractivity contribution in [3.63, 3.8) is 0 Å². The van der Waals surface area contributed by atoms with Crippen molar-refractivity contribution in [2.24, 2.45) is 5.73 Å². The van der Waals surface area contributed by atoms with Crippen LogP contribution in [0.1, 0.15) is 35.6 Å². The summed E-state index contributed by atoms with van der Waals surface area (Å²) in [7, 11) is 1.76. The average Bonchev–Trinajstić information content (AvgIpc) is 2.41. The Morgan fingerprint density at radius 1 is 1.28 bits per heavy atom. The molecule has 1 aliphatic rings. The molecule has 18 heavy (non-hydrogen) atoms. The third-order valence-electron chi connectivity index (χ3n) is 4.08. The van der Waals surface area contributed by atoms with Crippen LogP contribution in [0.3, 0.4) is 0 Å². The van der Waals surface area contributed by atoms with Gasteiger partial charge in [0.1, 0.15) is 0 Å². The number of rotatable bonds is 3. The number of aryl methyl sites for hydroxylation is 2. The van der Waals surface area contributed by atoms with E-state index >= 15 is 0 Å². The monoisotopic (exact) mass is 249 g/mol. The van der Waals surface area contributed by atoms with Crippen molar-refractivity contribution >= 4 is 0 Å². The molecule has 0 bridgehead atoms. The molecule has 3 nitrogen and oxygen atoms in total. The van der Waals surface area contributed by atoms with Crippen LogP contribution in [0, 0.1) is 13.8 Å². The van der Waals surface area contributed by atoms with Gasteiger partial charge >= 0.3 is 0 Å². The van der Waals surface area contributed by atoms with Crippen LogP contribution < -0.4 is 5.73 Å². The number of methoxy groups -OCH3 is 1. The Labute approximate surface area is 109 Å². The predicted molar refractivity (Wildman–Crippen MR) is 72.6 cm³/mol. The van der Waals surface area contributed by atoms with Crippen LogP contribution in [0.15, 0.2) is 18.2 Å². The SMILES string of the molecule is COC1(C(N)c2cc(C)ccc2C)CCOCC1. The Hall–Kier alpha value is -0.900. The van der Waals surface area contributed by atoms with Crippen LogP contribution >= 0.6 is 0 Å². The van der Waals surface area contributed by atoms with Gasteiger partial charge in [-0.15, -0.1) is 0 Å². The number of hydrogen-bond donors (Lipinski definition) is 1. The fourth-order valence-electron chi connectivity index (χ4n) is 2.74. The van der Waals surface area contributed by atoms with Gasteiger partial charge in [0.05, 0.1) is 11.6 Å². The highest BCUT2D eigenvalue weighted by molar-refractivity contribution is 5.34. The first-order valence-electron chi connectivity index (χ1n) is 6.55. The minimum atomic E-state index is -0.281. The Kier molecular flexibility index (Phi) is 4.05. The van der Waals surface area contributed by atoms with Crippen molar-refractivity contribution in [3.05, 3.63) is 34.9 Å². The first-order valence-corrected chi connectivity index (χ1v) is 6.55. The quantitative estimate of drug-likeness (QED) is 0.895. The molecule has 1 atom stereocenters. The number of nitrogens with two attached hydrogens (primary N) is 1. The Bertz CT molecular complexity index is 411. The molecule has 0 amide bonds. The normalized spacial score (nSPS) is 20.7. The number of hydrogen-bond acceptors (Lipinski definition) is 3. The molecular weight excluding hydrogens is 226 g/mol. The third kappa shape index (κ3) is 2.44. The fraction of sp³-hybridized carbons (Fsp3) is 0.600. The van der Waals surface area contributed by atoms with Gasteiger partial charge in [-0.2, -0.15) is 0 Å². The zero-order valence-electron chi connectivity index (χ0n) is 11.5. The summed E-state index contributed by atoms with van der Waals surface area (Å²) in [6.45, 7) is 5.66. The molecule has 1 aromatic carbocycles. The summed E-state index contributed by atoms with van der Waals surface area (Å²) in [5, 5.41) is 0. The Morgan fingerprint density at radius 2 is 1.94 bits per heavy atom. The second kappa shape index (κ2) is 5.39. The van der Waals surface area contributed by atoms with Crippen molar-refractivity contribution in [3.8, 4) is 0 Å². The summed E-state index contributed by atoms with van der Waals surface area (Å²) >= 11 is 0. The van der Waals surface area contributed by atoms with Crippen molar-refractivity contribution in [1.82, 2.24) is 0 Å². The third-order valence-corrected chi connectivity index (χ3v) is 4.08. The highest BCUT2D eigenvalue weighted by atomic mass is 16.5. The topological polar surface area (TPSA) is 44.5 Å². The summed E-state index contributed by atoms with van der Waals surface area (Å²) in [6.07, 6.45) is 1.72. The van der Waals surface area contributed by atoms with Crippen molar-refractivity contribution in [2.75, 3.05) is 20.3 Å². The zero-order valence-corrected chi connectivity index (χ0v) is 11.5. The molecule has 1 aromatic rings. The molecule has 0 aliphatic carbocycles. The lowest BCUT2D eigenvalue weighted by atomic mass is 9.81. The van der Waals surface area contributed by atoms with Gasteiger partial charge in [0, 0.05) is 33.2 Å². The van der Waals surface area contributed by atoms with E-state index in [1.807, 2.05) is 0 Å². The van der Waals surface area contributed by atoms with E-state index in [-0.39, 0.29) is 11.6 Å². The lowest BCUT2D eigenvalue weighted by molar-refractivity contribution is -0.105. The minimum absolute atomic E-state index is 0.0914. The molecule has 2 rings (SSSR count). The Morgan fingerprint density at radius 3 is 2.56 bits per heavy atom. The summed E-state index contributed by atoms with van der Waals surface area (Å²) < 4.78 is 11.2. The summed E-state index contributed by atoms with van der Waals surface area (Å²) in [5.74, 6) is 0. The van der Waals surface area contributed by atoms with E-state index in [2.05, 4.69) is 32.0 Å². The minimum Gasteiger partial charge on any atom is -0.381 e. The maximum Gasteiger partial charge on any atom is 0.0914 e. The van der Waals surface area contributed by atoms with Gasteiger partial charge in [-0.1, -0.05) is 23.8 Å². The number of benzene rings is 1. The van der Waals surface area contributed by atoms with Crippen LogP contribution in [0.2, 0.25) is 0 Å². The summed E-state index contributed by atoms with van der Waals surface area (Å²) in [6, 6.07) is 6.34. The average molecular weight is 249 g/mol. The van der Waals surface area contributed by atoms with Crippen molar-refractivity contribution < 1.29 is 9.47 Å². The molecule has 1 heterocycles. The Balaban J connectivity index is 2.33. The first-order chi connectivity index (χ1) is 8.59. The molecule has 0 saturated carbocycles. The van der Waals surface area contributed by atoms with Gasteiger partial charge in [-0.05, 0) is 25.0 Å². The molecule has 0 spiro atoms. The van der Waals surface area contributed by atoms with Crippen LogP contribution in [0.25, 0.3) is 0 Å². The predicted octanol–water partition coefficient (Wildman–Crippen LogP) is 2.50. The second-order valence-electron chi connectivity index (χ2n) is 5.22. The molecule has 0 radical (unpaired) electrons. The molecule has 3 heteroatoms. The zero-order chi connectivity index (χ0) is 13.2. The largest absolute Gasteiger partial charge is 0.381 e. The van der Waals surface area contributed by atoms with Gasteiger partial charge in [0.25, 0.3) is 0 Å². The fourth-order valence-corrected chi connectivity index (χ4v) is 2.74. The number of ether oxygens (including phenoxy) is 2. The van der Waals surface area contributed by atoms with Gasteiger partial charge < -0.3 is 15.2 Å². The molecule has 0 aromatic heterocycles. The summed E-state index contributed by atoms with van der Waals surface area (Å²) in [4.78, 5) is 0. The van der Waals surface area contributed by atoms with Crippen molar-refractivity contribution in [2.45, 2.75) is 38.3 Å². The van der Waals surface area contributed by atoms with Crippen molar-refractivity contribution in [1.29, 1.82) is 0 Å².